The van der Waals surface area contributed by atoms with E-state index in [0.29, 0.717) is 12.0 Å². The van der Waals surface area contributed by atoms with Gasteiger partial charge in [0.2, 0.25) is 0 Å². The molecule has 0 bridgehead atoms. The minimum absolute atomic E-state index is 0.123. The third-order valence-electron chi connectivity index (χ3n) is 4.07. The van der Waals surface area contributed by atoms with Crippen LogP contribution < -0.4 is 5.73 Å². The first-order valence-corrected chi connectivity index (χ1v) is 6.96. The van der Waals surface area contributed by atoms with Crippen molar-refractivity contribution >= 4 is 0 Å². The molecule has 1 aromatic carbocycles. The molecule has 4 heteroatoms. The van der Waals surface area contributed by atoms with Gasteiger partial charge in [0.15, 0.2) is 0 Å². The van der Waals surface area contributed by atoms with Crippen molar-refractivity contribution in [2.24, 2.45) is 11.7 Å². The number of likely N-dealkylation sites (tertiary alicyclic amines) is 1. The van der Waals surface area contributed by atoms with Crippen LogP contribution in [0.4, 0.5) is 8.78 Å². The summed E-state index contributed by atoms with van der Waals surface area (Å²) in [4.78, 5) is 2.17. The quantitative estimate of drug-likeness (QED) is 0.909. The second kappa shape index (κ2) is 5.97. The number of hydrogen-bond donors (Lipinski definition) is 1. The monoisotopic (exact) mass is 268 g/mol. The molecule has 0 aromatic heterocycles. The average Bonchev–Trinajstić information content (AvgIpc) is 2.83. The highest BCUT2D eigenvalue weighted by molar-refractivity contribution is 5.24. The van der Waals surface area contributed by atoms with Crippen LogP contribution in [-0.2, 0) is 0 Å². The van der Waals surface area contributed by atoms with Crippen LogP contribution in [0, 0.1) is 17.6 Å². The number of nitrogens with zero attached hydrogens (tertiary/aromatic N) is 1. The Morgan fingerprint density at radius 3 is 2.47 bits per heavy atom. The van der Waals surface area contributed by atoms with E-state index in [2.05, 4.69) is 18.7 Å². The number of hydrogen-bond acceptors (Lipinski definition) is 2. The van der Waals surface area contributed by atoms with E-state index in [-0.39, 0.29) is 18.2 Å². The van der Waals surface area contributed by atoms with E-state index in [9.17, 15) is 8.78 Å². The molecule has 1 saturated heterocycles. The maximum Gasteiger partial charge on any atom is 0.130 e. The lowest BCUT2D eigenvalue weighted by molar-refractivity contribution is 0.144. The highest BCUT2D eigenvalue weighted by Crippen LogP contribution is 2.34. The first-order chi connectivity index (χ1) is 9.06. The molecule has 1 heterocycles. The average molecular weight is 268 g/mol. The summed E-state index contributed by atoms with van der Waals surface area (Å²) >= 11 is 0. The second-order valence-corrected chi connectivity index (χ2v) is 5.58. The first kappa shape index (κ1) is 14.4. The molecule has 0 spiro atoms. The summed E-state index contributed by atoms with van der Waals surface area (Å²) in [6.07, 6.45) is 2.14. The molecule has 2 nitrogen and oxygen atoms in total. The molecule has 19 heavy (non-hydrogen) atoms. The summed E-state index contributed by atoms with van der Waals surface area (Å²) in [5.41, 5.74) is 5.93. The molecule has 1 aliphatic heterocycles. The summed E-state index contributed by atoms with van der Waals surface area (Å²) in [6.45, 7) is 5.39. The number of halogens is 2. The van der Waals surface area contributed by atoms with Crippen LogP contribution in [0.2, 0.25) is 0 Å². The summed E-state index contributed by atoms with van der Waals surface area (Å²) in [5, 5.41) is 0. The zero-order valence-electron chi connectivity index (χ0n) is 11.6. The van der Waals surface area contributed by atoms with E-state index in [0.717, 1.165) is 19.4 Å². The Morgan fingerprint density at radius 1 is 1.32 bits per heavy atom. The fourth-order valence-corrected chi connectivity index (χ4v) is 3.17. The van der Waals surface area contributed by atoms with Gasteiger partial charge in [0.25, 0.3) is 0 Å². The normalized spacial score (nSPS) is 22.1. The highest BCUT2D eigenvalue weighted by Gasteiger charge is 2.34. The van der Waals surface area contributed by atoms with Crippen molar-refractivity contribution in [3.05, 3.63) is 35.4 Å². The Hall–Kier alpha value is -1.00. The Bertz CT molecular complexity index is 414. The van der Waals surface area contributed by atoms with Crippen molar-refractivity contribution in [3.8, 4) is 0 Å². The van der Waals surface area contributed by atoms with Crippen molar-refractivity contribution < 1.29 is 8.78 Å². The third-order valence-corrected chi connectivity index (χ3v) is 4.07. The molecule has 2 atom stereocenters. The van der Waals surface area contributed by atoms with Gasteiger partial charge in [0, 0.05) is 18.2 Å². The molecule has 2 unspecified atom stereocenters. The van der Waals surface area contributed by atoms with Crippen LogP contribution in [0.15, 0.2) is 18.2 Å². The lowest BCUT2D eigenvalue weighted by Crippen LogP contribution is -2.40. The van der Waals surface area contributed by atoms with E-state index >= 15 is 0 Å². The lowest BCUT2D eigenvalue weighted by atomic mass is 9.97. The van der Waals surface area contributed by atoms with Gasteiger partial charge < -0.3 is 5.73 Å². The van der Waals surface area contributed by atoms with Gasteiger partial charge >= 0.3 is 0 Å². The molecule has 106 valence electrons. The second-order valence-electron chi connectivity index (χ2n) is 5.58. The molecular weight excluding hydrogens is 246 g/mol. The van der Waals surface area contributed by atoms with Gasteiger partial charge in [0.05, 0.1) is 6.04 Å². The maximum atomic E-state index is 13.9. The minimum atomic E-state index is -0.496. The van der Waals surface area contributed by atoms with Gasteiger partial charge in [-0.25, -0.2) is 8.78 Å². The SMILES string of the molecule is CC(C)C1CCCN1C(CN)c1c(F)cccc1F. The molecule has 0 saturated carbocycles. The molecule has 2 rings (SSSR count). The summed E-state index contributed by atoms with van der Waals surface area (Å²) in [7, 11) is 0. The fraction of sp³-hybridized carbons (Fsp3) is 0.600. The fourth-order valence-electron chi connectivity index (χ4n) is 3.17. The third kappa shape index (κ3) is 2.79. The van der Waals surface area contributed by atoms with E-state index in [1.165, 1.54) is 18.2 Å². The van der Waals surface area contributed by atoms with Crippen molar-refractivity contribution in [3.63, 3.8) is 0 Å². The molecule has 0 radical (unpaired) electrons. The Labute approximate surface area is 113 Å². The first-order valence-electron chi connectivity index (χ1n) is 6.96. The number of nitrogens with two attached hydrogens (primary N) is 1. The Kier molecular flexibility index (Phi) is 4.53. The molecule has 1 fully saturated rings. The molecule has 0 amide bonds. The number of rotatable bonds is 4. The smallest absolute Gasteiger partial charge is 0.130 e. The van der Waals surface area contributed by atoms with Crippen LogP contribution in [-0.4, -0.2) is 24.0 Å². The van der Waals surface area contributed by atoms with Crippen LogP contribution in [0.25, 0.3) is 0 Å². The van der Waals surface area contributed by atoms with Gasteiger partial charge in [-0.2, -0.15) is 0 Å². The molecule has 2 N–H and O–H groups in total. The van der Waals surface area contributed by atoms with Crippen molar-refractivity contribution in [1.82, 2.24) is 4.90 Å². The van der Waals surface area contributed by atoms with Gasteiger partial charge in [-0.3, -0.25) is 4.90 Å². The topological polar surface area (TPSA) is 29.3 Å². The summed E-state index contributed by atoms with van der Waals surface area (Å²) in [5.74, 6) is -0.527. The Morgan fingerprint density at radius 2 is 1.95 bits per heavy atom. The van der Waals surface area contributed by atoms with Crippen LogP contribution in [0.1, 0.15) is 38.3 Å². The van der Waals surface area contributed by atoms with E-state index < -0.39 is 11.6 Å². The largest absolute Gasteiger partial charge is 0.329 e. The van der Waals surface area contributed by atoms with Gasteiger partial charge in [-0.05, 0) is 37.4 Å². The molecule has 0 aliphatic carbocycles. The minimum Gasteiger partial charge on any atom is -0.329 e. The predicted molar refractivity (Wildman–Crippen MR) is 72.7 cm³/mol. The zero-order valence-corrected chi connectivity index (χ0v) is 11.6. The summed E-state index contributed by atoms with van der Waals surface area (Å²) < 4.78 is 27.9. The van der Waals surface area contributed by atoms with E-state index in [1.54, 1.807) is 0 Å². The zero-order chi connectivity index (χ0) is 14.0. The van der Waals surface area contributed by atoms with Crippen molar-refractivity contribution in [1.29, 1.82) is 0 Å². The van der Waals surface area contributed by atoms with Crippen LogP contribution >= 0.6 is 0 Å². The molecular formula is C15H22F2N2. The number of benzene rings is 1. The standard InChI is InChI=1S/C15H22F2N2/c1-10(2)13-7-4-8-19(13)14(9-18)15-11(16)5-3-6-12(15)17/h3,5-6,10,13-14H,4,7-9,18H2,1-2H3. The predicted octanol–water partition coefficient (Wildman–Crippen LogP) is 3.09. The Balaban J connectivity index is 2.34. The molecule has 1 aliphatic rings. The summed E-state index contributed by atoms with van der Waals surface area (Å²) in [6, 6.07) is 4.00. The van der Waals surface area contributed by atoms with Crippen LogP contribution in [0.5, 0.6) is 0 Å². The van der Waals surface area contributed by atoms with E-state index in [4.69, 9.17) is 5.73 Å². The lowest BCUT2D eigenvalue weighted by Gasteiger charge is -2.35. The highest BCUT2D eigenvalue weighted by atomic mass is 19.1. The van der Waals surface area contributed by atoms with Gasteiger partial charge in [0.1, 0.15) is 11.6 Å². The van der Waals surface area contributed by atoms with Gasteiger partial charge in [-0.15, -0.1) is 0 Å². The van der Waals surface area contributed by atoms with Crippen molar-refractivity contribution in [2.45, 2.75) is 38.8 Å². The van der Waals surface area contributed by atoms with Gasteiger partial charge in [-0.1, -0.05) is 19.9 Å². The maximum absolute atomic E-state index is 13.9. The van der Waals surface area contributed by atoms with Crippen molar-refractivity contribution in [2.75, 3.05) is 13.1 Å². The molecule has 1 aromatic rings. The van der Waals surface area contributed by atoms with E-state index in [1.807, 2.05) is 0 Å². The van der Waals surface area contributed by atoms with Crippen LogP contribution in [0.3, 0.4) is 0 Å².